The van der Waals surface area contributed by atoms with Crippen LogP contribution in [0.15, 0.2) is 20.5 Å². The van der Waals surface area contributed by atoms with Gasteiger partial charge in [0, 0.05) is 23.3 Å². The van der Waals surface area contributed by atoms with Crippen molar-refractivity contribution < 1.29 is 9.26 Å². The number of aromatic nitrogens is 3. The summed E-state index contributed by atoms with van der Waals surface area (Å²) >= 11 is 3.24. The van der Waals surface area contributed by atoms with Gasteiger partial charge in [-0.3, -0.25) is 9.36 Å². The maximum atomic E-state index is 13.4. The van der Waals surface area contributed by atoms with Crippen LogP contribution in [0.3, 0.4) is 0 Å². The normalized spacial score (nSPS) is 19.2. The van der Waals surface area contributed by atoms with Gasteiger partial charge in [0.25, 0.3) is 5.56 Å². The van der Waals surface area contributed by atoms with Crippen LogP contribution in [0.1, 0.15) is 41.2 Å². The summed E-state index contributed by atoms with van der Waals surface area (Å²) in [6, 6.07) is 1.92. The second-order valence-corrected chi connectivity index (χ2v) is 9.23. The highest BCUT2D eigenvalue weighted by atomic mass is 32.2. The molecule has 4 heterocycles. The molecule has 1 saturated heterocycles. The van der Waals surface area contributed by atoms with Crippen LogP contribution in [0.25, 0.3) is 10.2 Å². The molecule has 0 aromatic carbocycles. The Labute approximate surface area is 164 Å². The van der Waals surface area contributed by atoms with E-state index in [4.69, 9.17) is 14.2 Å². The Hall–Kier alpha value is -1.64. The summed E-state index contributed by atoms with van der Waals surface area (Å²) in [6.45, 7) is 3.24. The van der Waals surface area contributed by atoms with Gasteiger partial charge in [-0.2, -0.15) is 0 Å². The third-order valence-electron chi connectivity index (χ3n) is 5.23. The van der Waals surface area contributed by atoms with E-state index in [1.54, 1.807) is 23.1 Å². The minimum absolute atomic E-state index is 0.0914. The van der Waals surface area contributed by atoms with Crippen molar-refractivity contribution in [3.8, 4) is 0 Å². The zero-order valence-electron chi connectivity index (χ0n) is 15.2. The fourth-order valence-electron chi connectivity index (χ4n) is 3.95. The fraction of sp³-hybridized carbons (Fsp3) is 0.526. The van der Waals surface area contributed by atoms with E-state index in [0.717, 1.165) is 65.5 Å². The van der Waals surface area contributed by atoms with Crippen molar-refractivity contribution in [2.45, 2.75) is 62.6 Å². The number of thiophene rings is 1. The third kappa shape index (κ3) is 3.23. The first-order valence-corrected chi connectivity index (χ1v) is 11.2. The van der Waals surface area contributed by atoms with E-state index in [2.05, 4.69) is 5.16 Å². The molecule has 0 bridgehead atoms. The summed E-state index contributed by atoms with van der Waals surface area (Å²) in [6.07, 6.45) is 5.37. The second kappa shape index (κ2) is 7.07. The molecule has 1 fully saturated rings. The molecule has 0 spiro atoms. The second-order valence-electron chi connectivity index (χ2n) is 7.20. The predicted octanol–water partition coefficient (Wildman–Crippen LogP) is 3.71. The molecule has 0 amide bonds. The molecule has 0 saturated carbocycles. The average molecular weight is 404 g/mol. The van der Waals surface area contributed by atoms with Gasteiger partial charge in [0.2, 0.25) is 0 Å². The van der Waals surface area contributed by atoms with Crippen molar-refractivity contribution in [2.75, 3.05) is 6.61 Å². The lowest BCUT2D eigenvalue weighted by molar-refractivity contribution is 0.0937. The van der Waals surface area contributed by atoms with Crippen LogP contribution in [0.2, 0.25) is 0 Å². The van der Waals surface area contributed by atoms with Crippen molar-refractivity contribution >= 4 is 33.3 Å². The first-order chi connectivity index (χ1) is 13.2. The van der Waals surface area contributed by atoms with Crippen LogP contribution in [0.4, 0.5) is 0 Å². The number of fused-ring (bicyclic) bond motifs is 3. The van der Waals surface area contributed by atoms with E-state index in [1.165, 1.54) is 10.4 Å². The molecule has 0 radical (unpaired) electrons. The van der Waals surface area contributed by atoms with Crippen LogP contribution >= 0.6 is 23.1 Å². The van der Waals surface area contributed by atoms with E-state index in [9.17, 15) is 4.79 Å². The largest absolute Gasteiger partial charge is 0.376 e. The first kappa shape index (κ1) is 17.5. The first-order valence-electron chi connectivity index (χ1n) is 9.41. The lowest BCUT2D eigenvalue weighted by Gasteiger charge is -2.15. The molecule has 1 atom stereocenters. The fourth-order valence-corrected chi connectivity index (χ4v) is 6.14. The van der Waals surface area contributed by atoms with E-state index < -0.39 is 0 Å². The quantitative estimate of drug-likeness (QED) is 0.478. The van der Waals surface area contributed by atoms with Crippen LogP contribution in [-0.2, 0) is 29.9 Å². The molecule has 1 aliphatic heterocycles. The molecule has 0 N–H and O–H groups in total. The van der Waals surface area contributed by atoms with Gasteiger partial charge in [-0.25, -0.2) is 4.98 Å². The van der Waals surface area contributed by atoms with Gasteiger partial charge in [-0.15, -0.1) is 11.3 Å². The molecule has 3 aromatic heterocycles. The van der Waals surface area contributed by atoms with E-state index in [1.807, 2.05) is 17.6 Å². The molecule has 1 aliphatic carbocycles. The molecule has 0 unspecified atom stereocenters. The van der Waals surface area contributed by atoms with Gasteiger partial charge in [-0.05, 0) is 44.6 Å². The molecule has 6 nitrogen and oxygen atoms in total. The lowest BCUT2D eigenvalue weighted by atomic mass is 10.2. The molecule has 8 heteroatoms. The molecule has 3 aromatic rings. The topological polar surface area (TPSA) is 70.2 Å². The maximum Gasteiger partial charge on any atom is 0.263 e. The summed E-state index contributed by atoms with van der Waals surface area (Å²) in [7, 11) is 0. The molecule has 27 heavy (non-hydrogen) atoms. The highest BCUT2D eigenvalue weighted by molar-refractivity contribution is 7.98. The third-order valence-corrected chi connectivity index (χ3v) is 7.42. The van der Waals surface area contributed by atoms with Crippen LogP contribution in [0, 0.1) is 6.92 Å². The van der Waals surface area contributed by atoms with Gasteiger partial charge >= 0.3 is 0 Å². The van der Waals surface area contributed by atoms with Crippen LogP contribution in [0.5, 0.6) is 0 Å². The van der Waals surface area contributed by atoms with Crippen molar-refractivity contribution in [3.63, 3.8) is 0 Å². The van der Waals surface area contributed by atoms with Crippen molar-refractivity contribution in [1.82, 2.24) is 14.7 Å². The predicted molar refractivity (Wildman–Crippen MR) is 106 cm³/mol. The van der Waals surface area contributed by atoms with Gasteiger partial charge in [0.1, 0.15) is 10.6 Å². The summed E-state index contributed by atoms with van der Waals surface area (Å²) in [5, 5.41) is 5.65. The van der Waals surface area contributed by atoms with Crippen LogP contribution in [-0.4, -0.2) is 27.4 Å². The number of hydrogen-bond donors (Lipinski definition) is 0. The average Bonchev–Trinajstić information content (AvgIpc) is 3.40. The van der Waals surface area contributed by atoms with Gasteiger partial charge in [0.15, 0.2) is 5.16 Å². The zero-order chi connectivity index (χ0) is 18.4. The Morgan fingerprint density at radius 1 is 1.37 bits per heavy atom. The number of thioether (sulfide) groups is 1. The number of hydrogen-bond acceptors (Lipinski definition) is 7. The van der Waals surface area contributed by atoms with Crippen molar-refractivity contribution in [1.29, 1.82) is 0 Å². The monoisotopic (exact) mass is 403 g/mol. The molecule has 2 aliphatic rings. The number of aryl methyl sites for hydroxylation is 3. The highest BCUT2D eigenvalue weighted by Gasteiger charge is 2.25. The minimum atomic E-state index is 0.0914. The Balaban J connectivity index is 1.55. The summed E-state index contributed by atoms with van der Waals surface area (Å²) in [4.78, 5) is 20.5. The van der Waals surface area contributed by atoms with Crippen molar-refractivity contribution in [2.24, 2.45) is 0 Å². The van der Waals surface area contributed by atoms with E-state index in [-0.39, 0.29) is 11.7 Å². The molecular formula is C19H21N3O3S2. The molecular weight excluding hydrogens is 382 g/mol. The maximum absolute atomic E-state index is 13.4. The Morgan fingerprint density at radius 2 is 2.30 bits per heavy atom. The molecule has 5 rings (SSSR count). The van der Waals surface area contributed by atoms with E-state index >= 15 is 0 Å². The van der Waals surface area contributed by atoms with Crippen LogP contribution < -0.4 is 5.56 Å². The summed E-state index contributed by atoms with van der Waals surface area (Å²) in [5.74, 6) is 1.42. The van der Waals surface area contributed by atoms with Crippen molar-refractivity contribution in [3.05, 3.63) is 38.3 Å². The van der Waals surface area contributed by atoms with Gasteiger partial charge in [0.05, 0.1) is 23.7 Å². The Morgan fingerprint density at radius 3 is 3.07 bits per heavy atom. The number of ether oxygens (including phenoxy) is 1. The molecule has 142 valence electrons. The summed E-state index contributed by atoms with van der Waals surface area (Å²) in [5.41, 5.74) is 2.19. The Kier molecular flexibility index (Phi) is 4.57. The smallest absolute Gasteiger partial charge is 0.263 e. The highest BCUT2D eigenvalue weighted by Crippen LogP contribution is 2.36. The SMILES string of the molecule is Cc1cc(CSc2nc3sc4c(c3c(=O)n2C[C@H]2CCCO2)CCC4)no1. The standard InChI is InChI=1S/C19H21N3O3S2/c1-11-8-12(21-25-11)10-26-19-20-17-16(14-5-2-6-15(14)27-17)18(23)22(19)9-13-4-3-7-24-13/h8,13H,2-7,9-10H2,1H3/t13-/m1/s1. The number of nitrogens with zero attached hydrogens (tertiary/aromatic N) is 3. The zero-order valence-corrected chi connectivity index (χ0v) is 16.8. The summed E-state index contributed by atoms with van der Waals surface area (Å²) < 4.78 is 12.8. The Bertz CT molecular complexity index is 1050. The minimum Gasteiger partial charge on any atom is -0.376 e. The lowest BCUT2D eigenvalue weighted by Crippen LogP contribution is -2.28. The van der Waals surface area contributed by atoms with E-state index in [0.29, 0.717) is 12.3 Å². The van der Waals surface area contributed by atoms with Gasteiger partial charge < -0.3 is 9.26 Å². The number of rotatable bonds is 5. The van der Waals surface area contributed by atoms with Gasteiger partial charge in [-0.1, -0.05) is 16.9 Å².